The normalized spacial score (nSPS) is 10.8. The van der Waals surface area contributed by atoms with E-state index in [4.69, 9.17) is 15.2 Å². The van der Waals surface area contributed by atoms with Crippen LogP contribution in [0.4, 0.5) is 14.5 Å². The van der Waals surface area contributed by atoms with Crippen LogP contribution in [0.2, 0.25) is 0 Å². The molecule has 0 spiro atoms. The maximum atomic E-state index is 13.7. The van der Waals surface area contributed by atoms with Gasteiger partial charge in [-0.2, -0.15) is 4.39 Å². The summed E-state index contributed by atoms with van der Waals surface area (Å²) in [5.41, 5.74) is 6.23. The van der Waals surface area contributed by atoms with Crippen LogP contribution in [0.1, 0.15) is 13.8 Å². The van der Waals surface area contributed by atoms with E-state index in [1.807, 2.05) is 13.8 Å². The molecular formula is C15H14BrF2NO2. The minimum absolute atomic E-state index is 0.0670. The predicted octanol–water partition coefficient (Wildman–Crippen LogP) is 4.89. The van der Waals surface area contributed by atoms with Gasteiger partial charge in [-0.15, -0.1) is 0 Å². The lowest BCUT2D eigenvalue weighted by atomic mass is 10.2. The van der Waals surface area contributed by atoms with Crippen molar-refractivity contribution in [3.8, 4) is 17.2 Å². The van der Waals surface area contributed by atoms with E-state index in [2.05, 4.69) is 15.9 Å². The van der Waals surface area contributed by atoms with Crippen molar-refractivity contribution in [2.24, 2.45) is 0 Å². The third-order valence-electron chi connectivity index (χ3n) is 2.54. The number of hydrogen-bond acceptors (Lipinski definition) is 3. The number of ether oxygens (including phenoxy) is 2. The van der Waals surface area contributed by atoms with Crippen molar-refractivity contribution in [2.45, 2.75) is 20.0 Å². The van der Waals surface area contributed by atoms with E-state index in [0.29, 0.717) is 21.7 Å². The number of anilines is 1. The third-order valence-corrected chi connectivity index (χ3v) is 2.99. The van der Waals surface area contributed by atoms with Crippen molar-refractivity contribution in [1.29, 1.82) is 0 Å². The van der Waals surface area contributed by atoms with E-state index in [-0.39, 0.29) is 11.9 Å². The van der Waals surface area contributed by atoms with E-state index in [9.17, 15) is 8.78 Å². The number of hydrogen-bond donors (Lipinski definition) is 1. The fraction of sp³-hybridized carbons (Fsp3) is 0.200. The molecule has 2 aromatic carbocycles. The van der Waals surface area contributed by atoms with Gasteiger partial charge in [-0.1, -0.05) is 15.9 Å². The van der Waals surface area contributed by atoms with Gasteiger partial charge >= 0.3 is 0 Å². The fourth-order valence-corrected chi connectivity index (χ4v) is 2.08. The van der Waals surface area contributed by atoms with Crippen molar-refractivity contribution in [2.75, 3.05) is 5.73 Å². The van der Waals surface area contributed by atoms with Crippen molar-refractivity contribution in [1.82, 2.24) is 0 Å². The average molecular weight is 358 g/mol. The van der Waals surface area contributed by atoms with Crippen molar-refractivity contribution < 1.29 is 18.3 Å². The van der Waals surface area contributed by atoms with E-state index < -0.39 is 11.6 Å². The quantitative estimate of drug-likeness (QED) is 0.625. The summed E-state index contributed by atoms with van der Waals surface area (Å²) in [6.07, 6.45) is -0.0670. The SMILES string of the molecule is CC(C)Oc1cc(Oc2cc(Br)cc(F)c2F)ccc1N. The van der Waals surface area contributed by atoms with Crippen molar-refractivity contribution >= 4 is 21.6 Å². The summed E-state index contributed by atoms with van der Waals surface area (Å²) in [6.45, 7) is 3.71. The van der Waals surface area contributed by atoms with Crippen LogP contribution in [-0.4, -0.2) is 6.10 Å². The van der Waals surface area contributed by atoms with Gasteiger partial charge in [0.05, 0.1) is 11.8 Å². The monoisotopic (exact) mass is 357 g/mol. The molecule has 0 aliphatic carbocycles. The number of nitrogens with two attached hydrogens (primary N) is 1. The van der Waals surface area contributed by atoms with Crippen LogP contribution in [0.25, 0.3) is 0 Å². The molecule has 0 amide bonds. The summed E-state index contributed by atoms with van der Waals surface area (Å²) in [5, 5.41) is 0. The number of nitrogen functional groups attached to an aromatic ring is 1. The van der Waals surface area contributed by atoms with Crippen LogP contribution in [0.5, 0.6) is 17.2 Å². The zero-order valence-corrected chi connectivity index (χ0v) is 13.1. The molecule has 6 heteroatoms. The van der Waals surface area contributed by atoms with Gasteiger partial charge in [0.25, 0.3) is 0 Å². The molecular weight excluding hydrogens is 344 g/mol. The standard InChI is InChI=1S/C15H14BrF2NO2/c1-8(2)20-13-7-10(3-4-12(13)19)21-14-6-9(16)5-11(17)15(14)18/h3-8H,19H2,1-2H3. The van der Waals surface area contributed by atoms with E-state index in [1.165, 1.54) is 12.1 Å². The van der Waals surface area contributed by atoms with Gasteiger partial charge in [0.1, 0.15) is 11.5 Å². The smallest absolute Gasteiger partial charge is 0.201 e. The highest BCUT2D eigenvalue weighted by Gasteiger charge is 2.13. The molecule has 112 valence electrons. The average Bonchev–Trinajstić information content (AvgIpc) is 2.38. The summed E-state index contributed by atoms with van der Waals surface area (Å²) in [5.74, 6) is -1.54. The molecule has 21 heavy (non-hydrogen) atoms. The second kappa shape index (κ2) is 6.30. The largest absolute Gasteiger partial charge is 0.489 e. The number of benzene rings is 2. The highest BCUT2D eigenvalue weighted by Crippen LogP contribution is 2.33. The fourth-order valence-electron chi connectivity index (χ4n) is 1.67. The Morgan fingerprint density at radius 3 is 2.48 bits per heavy atom. The Hall–Kier alpha value is -1.82. The first-order valence-corrected chi connectivity index (χ1v) is 7.04. The molecule has 0 saturated heterocycles. The molecule has 0 fully saturated rings. The minimum atomic E-state index is -1.05. The molecule has 3 nitrogen and oxygen atoms in total. The summed E-state index contributed by atoms with van der Waals surface area (Å²) in [6, 6.07) is 7.05. The Balaban J connectivity index is 2.32. The molecule has 0 atom stereocenters. The van der Waals surface area contributed by atoms with Gasteiger partial charge < -0.3 is 15.2 Å². The van der Waals surface area contributed by atoms with Crippen LogP contribution in [0, 0.1) is 11.6 Å². The predicted molar refractivity (Wildman–Crippen MR) is 80.8 cm³/mol. The molecule has 2 aromatic rings. The molecule has 2 rings (SSSR count). The first-order chi connectivity index (χ1) is 9.86. The summed E-state index contributed by atoms with van der Waals surface area (Å²) >= 11 is 3.09. The lowest BCUT2D eigenvalue weighted by Gasteiger charge is -2.14. The maximum absolute atomic E-state index is 13.7. The Bertz CT molecular complexity index is 662. The second-order valence-corrected chi connectivity index (χ2v) is 5.58. The minimum Gasteiger partial charge on any atom is -0.489 e. The Morgan fingerprint density at radius 1 is 1.10 bits per heavy atom. The molecule has 0 aliphatic rings. The second-order valence-electron chi connectivity index (χ2n) is 4.67. The molecule has 0 unspecified atom stereocenters. The van der Waals surface area contributed by atoms with Crippen LogP contribution >= 0.6 is 15.9 Å². The Morgan fingerprint density at radius 2 is 1.81 bits per heavy atom. The van der Waals surface area contributed by atoms with Crippen LogP contribution in [-0.2, 0) is 0 Å². The Kier molecular flexibility index (Phi) is 4.67. The molecule has 0 aromatic heterocycles. The third kappa shape index (κ3) is 3.85. The van der Waals surface area contributed by atoms with Gasteiger partial charge in [0.15, 0.2) is 11.6 Å². The lowest BCUT2D eigenvalue weighted by Crippen LogP contribution is -2.07. The van der Waals surface area contributed by atoms with Crippen molar-refractivity contribution in [3.05, 3.63) is 46.4 Å². The van der Waals surface area contributed by atoms with Gasteiger partial charge in [-0.3, -0.25) is 0 Å². The molecule has 0 bridgehead atoms. The first-order valence-electron chi connectivity index (χ1n) is 6.25. The maximum Gasteiger partial charge on any atom is 0.201 e. The van der Waals surface area contributed by atoms with Crippen LogP contribution in [0.3, 0.4) is 0 Å². The van der Waals surface area contributed by atoms with E-state index >= 15 is 0 Å². The van der Waals surface area contributed by atoms with Crippen molar-refractivity contribution in [3.63, 3.8) is 0 Å². The van der Waals surface area contributed by atoms with Gasteiger partial charge in [-0.25, -0.2) is 4.39 Å². The lowest BCUT2D eigenvalue weighted by molar-refractivity contribution is 0.243. The Labute approximate surface area is 129 Å². The molecule has 0 radical (unpaired) electrons. The van der Waals surface area contributed by atoms with E-state index in [0.717, 1.165) is 6.07 Å². The highest BCUT2D eigenvalue weighted by molar-refractivity contribution is 9.10. The topological polar surface area (TPSA) is 44.5 Å². The summed E-state index contributed by atoms with van der Waals surface area (Å²) in [4.78, 5) is 0. The van der Waals surface area contributed by atoms with Crippen LogP contribution < -0.4 is 15.2 Å². The number of halogens is 3. The molecule has 0 saturated carbocycles. The zero-order valence-electron chi connectivity index (χ0n) is 11.5. The number of rotatable bonds is 4. The van der Waals surface area contributed by atoms with E-state index in [1.54, 1.807) is 12.1 Å². The summed E-state index contributed by atoms with van der Waals surface area (Å²) in [7, 11) is 0. The van der Waals surface area contributed by atoms with Gasteiger partial charge in [0.2, 0.25) is 5.82 Å². The first kappa shape index (κ1) is 15.6. The molecule has 0 heterocycles. The zero-order chi connectivity index (χ0) is 15.6. The molecule has 0 aliphatic heterocycles. The van der Waals surface area contributed by atoms with Gasteiger partial charge in [-0.05, 0) is 38.1 Å². The summed E-state index contributed by atoms with van der Waals surface area (Å²) < 4.78 is 38.3. The van der Waals surface area contributed by atoms with Crippen LogP contribution in [0.15, 0.2) is 34.8 Å². The van der Waals surface area contributed by atoms with Gasteiger partial charge in [0, 0.05) is 10.5 Å². The highest BCUT2D eigenvalue weighted by atomic mass is 79.9. The molecule has 2 N–H and O–H groups in total.